The maximum absolute atomic E-state index is 9.06. The first-order valence-corrected chi connectivity index (χ1v) is 6.56. The van der Waals surface area contributed by atoms with Crippen molar-refractivity contribution in [1.29, 1.82) is 0 Å². The standard InChI is InChI=1S/C14H19N5O/c1-2-8-18(9-10-20)12-14-15-16-17-19(14)11-13-6-4-3-5-7-13/h2-7,20H,1,8-12H2. The molecule has 0 saturated carbocycles. The van der Waals surface area contributed by atoms with Gasteiger partial charge in [0.1, 0.15) is 0 Å². The van der Waals surface area contributed by atoms with Crippen LogP contribution >= 0.6 is 0 Å². The summed E-state index contributed by atoms with van der Waals surface area (Å²) < 4.78 is 1.78. The van der Waals surface area contributed by atoms with Gasteiger partial charge in [0.2, 0.25) is 0 Å². The zero-order chi connectivity index (χ0) is 14.2. The molecule has 1 N–H and O–H groups in total. The van der Waals surface area contributed by atoms with E-state index in [-0.39, 0.29) is 6.61 Å². The van der Waals surface area contributed by atoms with Crippen molar-refractivity contribution >= 4 is 0 Å². The Bertz CT molecular complexity index is 525. The van der Waals surface area contributed by atoms with Gasteiger partial charge in [0.25, 0.3) is 0 Å². The molecule has 1 heterocycles. The average molecular weight is 273 g/mol. The minimum atomic E-state index is 0.105. The first kappa shape index (κ1) is 14.4. The number of aromatic nitrogens is 4. The highest BCUT2D eigenvalue weighted by Crippen LogP contribution is 2.05. The third kappa shape index (κ3) is 3.97. The fraction of sp³-hybridized carbons (Fsp3) is 0.357. The molecule has 20 heavy (non-hydrogen) atoms. The van der Waals surface area contributed by atoms with Gasteiger partial charge in [-0.1, -0.05) is 36.4 Å². The van der Waals surface area contributed by atoms with Crippen LogP contribution < -0.4 is 0 Å². The summed E-state index contributed by atoms with van der Waals surface area (Å²) >= 11 is 0. The topological polar surface area (TPSA) is 67.1 Å². The van der Waals surface area contributed by atoms with Gasteiger partial charge in [-0.25, -0.2) is 4.68 Å². The summed E-state index contributed by atoms with van der Waals surface area (Å²) in [4.78, 5) is 2.04. The van der Waals surface area contributed by atoms with Crippen molar-refractivity contribution in [3.05, 3.63) is 54.4 Å². The first-order chi connectivity index (χ1) is 9.83. The van der Waals surface area contributed by atoms with Crippen molar-refractivity contribution < 1.29 is 5.11 Å². The summed E-state index contributed by atoms with van der Waals surface area (Å²) in [5.74, 6) is 0.782. The van der Waals surface area contributed by atoms with Crippen LogP contribution in [0.4, 0.5) is 0 Å². The van der Waals surface area contributed by atoms with Crippen LogP contribution in [0, 0.1) is 0 Å². The number of rotatable bonds is 8. The van der Waals surface area contributed by atoms with Gasteiger partial charge < -0.3 is 5.11 Å². The fourth-order valence-corrected chi connectivity index (χ4v) is 1.97. The van der Waals surface area contributed by atoms with Crippen LogP contribution in [0.25, 0.3) is 0 Å². The molecule has 0 spiro atoms. The van der Waals surface area contributed by atoms with Gasteiger partial charge in [0.05, 0.1) is 19.7 Å². The van der Waals surface area contributed by atoms with Gasteiger partial charge >= 0.3 is 0 Å². The zero-order valence-corrected chi connectivity index (χ0v) is 11.4. The normalized spacial score (nSPS) is 10.9. The quantitative estimate of drug-likeness (QED) is 0.717. The number of hydrogen-bond acceptors (Lipinski definition) is 5. The van der Waals surface area contributed by atoms with Gasteiger partial charge in [-0.15, -0.1) is 11.7 Å². The lowest BCUT2D eigenvalue weighted by Gasteiger charge is -2.18. The van der Waals surface area contributed by atoms with E-state index in [1.807, 2.05) is 35.2 Å². The number of aliphatic hydroxyl groups is 1. The van der Waals surface area contributed by atoms with Crippen LogP contribution in [0.2, 0.25) is 0 Å². The van der Waals surface area contributed by atoms with Crippen molar-refractivity contribution in [2.45, 2.75) is 13.1 Å². The van der Waals surface area contributed by atoms with Crippen LogP contribution in [-0.4, -0.2) is 49.9 Å². The van der Waals surface area contributed by atoms with Crippen molar-refractivity contribution in [3.8, 4) is 0 Å². The van der Waals surface area contributed by atoms with E-state index in [1.165, 1.54) is 0 Å². The highest BCUT2D eigenvalue weighted by molar-refractivity contribution is 5.14. The van der Waals surface area contributed by atoms with Crippen molar-refractivity contribution in [2.75, 3.05) is 19.7 Å². The largest absolute Gasteiger partial charge is 0.395 e. The molecule has 6 heteroatoms. The molecule has 0 atom stereocenters. The number of tetrazole rings is 1. The molecule has 0 radical (unpaired) electrons. The van der Waals surface area contributed by atoms with E-state index >= 15 is 0 Å². The molecule has 0 bridgehead atoms. The molecule has 0 saturated heterocycles. The minimum Gasteiger partial charge on any atom is -0.395 e. The van der Waals surface area contributed by atoms with E-state index < -0.39 is 0 Å². The maximum atomic E-state index is 9.06. The molecule has 6 nitrogen and oxygen atoms in total. The van der Waals surface area contributed by atoms with Gasteiger partial charge in [0.15, 0.2) is 5.82 Å². The number of benzene rings is 1. The third-order valence-electron chi connectivity index (χ3n) is 2.95. The Morgan fingerprint density at radius 1 is 1.30 bits per heavy atom. The van der Waals surface area contributed by atoms with Gasteiger partial charge in [-0.05, 0) is 16.0 Å². The monoisotopic (exact) mass is 273 g/mol. The molecule has 1 aromatic heterocycles. The molecule has 2 rings (SSSR count). The summed E-state index contributed by atoms with van der Waals surface area (Å²) in [5.41, 5.74) is 1.15. The summed E-state index contributed by atoms with van der Waals surface area (Å²) in [6.07, 6.45) is 1.81. The minimum absolute atomic E-state index is 0.105. The van der Waals surface area contributed by atoms with Gasteiger partial charge in [0, 0.05) is 13.1 Å². The molecular weight excluding hydrogens is 254 g/mol. The number of nitrogens with zero attached hydrogens (tertiary/aromatic N) is 5. The Hall–Kier alpha value is -2.05. The Labute approximate surface area is 118 Å². The molecule has 0 fully saturated rings. The van der Waals surface area contributed by atoms with E-state index in [2.05, 4.69) is 22.1 Å². The van der Waals surface area contributed by atoms with Crippen LogP contribution in [0.5, 0.6) is 0 Å². The van der Waals surface area contributed by atoms with E-state index in [0.29, 0.717) is 26.2 Å². The molecule has 0 aliphatic heterocycles. The number of hydrogen-bond donors (Lipinski definition) is 1. The molecule has 0 amide bonds. The second kappa shape index (κ2) is 7.52. The Kier molecular flexibility index (Phi) is 5.40. The average Bonchev–Trinajstić information content (AvgIpc) is 2.88. The van der Waals surface area contributed by atoms with Crippen LogP contribution in [0.1, 0.15) is 11.4 Å². The molecular formula is C14H19N5O. The maximum Gasteiger partial charge on any atom is 0.165 e. The summed E-state index contributed by atoms with van der Waals surface area (Å²) in [5, 5.41) is 20.9. The van der Waals surface area contributed by atoms with Gasteiger partial charge in [-0.2, -0.15) is 0 Å². The smallest absolute Gasteiger partial charge is 0.165 e. The van der Waals surface area contributed by atoms with Crippen LogP contribution in [0.15, 0.2) is 43.0 Å². The zero-order valence-electron chi connectivity index (χ0n) is 11.4. The second-order valence-corrected chi connectivity index (χ2v) is 4.49. The lowest BCUT2D eigenvalue weighted by molar-refractivity contribution is 0.198. The first-order valence-electron chi connectivity index (χ1n) is 6.56. The van der Waals surface area contributed by atoms with E-state index in [4.69, 9.17) is 5.11 Å². The Morgan fingerprint density at radius 2 is 2.10 bits per heavy atom. The number of aliphatic hydroxyl groups excluding tert-OH is 1. The summed E-state index contributed by atoms with van der Waals surface area (Å²) in [7, 11) is 0. The molecule has 0 unspecified atom stereocenters. The summed E-state index contributed by atoms with van der Waals surface area (Å²) in [6.45, 7) is 6.33. The third-order valence-corrected chi connectivity index (χ3v) is 2.95. The Morgan fingerprint density at radius 3 is 2.80 bits per heavy atom. The fourth-order valence-electron chi connectivity index (χ4n) is 1.97. The van der Waals surface area contributed by atoms with Crippen molar-refractivity contribution in [3.63, 3.8) is 0 Å². The van der Waals surface area contributed by atoms with Gasteiger partial charge in [-0.3, -0.25) is 4.90 Å². The van der Waals surface area contributed by atoms with Crippen LogP contribution in [-0.2, 0) is 13.1 Å². The SMILES string of the molecule is C=CCN(CCO)Cc1nnnn1Cc1ccccc1. The molecule has 0 aliphatic carbocycles. The second-order valence-electron chi connectivity index (χ2n) is 4.49. The highest BCUT2D eigenvalue weighted by Gasteiger charge is 2.11. The molecule has 1 aromatic carbocycles. The van der Waals surface area contributed by atoms with E-state index in [0.717, 1.165) is 11.4 Å². The molecule has 0 aliphatic rings. The molecule has 106 valence electrons. The van der Waals surface area contributed by atoms with E-state index in [9.17, 15) is 0 Å². The summed E-state index contributed by atoms with van der Waals surface area (Å²) in [6, 6.07) is 10.1. The Balaban J connectivity index is 2.05. The highest BCUT2D eigenvalue weighted by atomic mass is 16.3. The van der Waals surface area contributed by atoms with Crippen molar-refractivity contribution in [2.24, 2.45) is 0 Å². The lowest BCUT2D eigenvalue weighted by Crippen LogP contribution is -2.28. The predicted octanol–water partition coefficient (Wildman–Crippen LogP) is 0.702. The predicted molar refractivity (Wildman–Crippen MR) is 75.9 cm³/mol. The molecule has 2 aromatic rings. The van der Waals surface area contributed by atoms with Crippen molar-refractivity contribution in [1.82, 2.24) is 25.1 Å². The lowest BCUT2D eigenvalue weighted by atomic mass is 10.2. The van der Waals surface area contributed by atoms with E-state index in [1.54, 1.807) is 10.8 Å². The van der Waals surface area contributed by atoms with Crippen LogP contribution in [0.3, 0.4) is 0 Å².